The Morgan fingerprint density at radius 2 is 1.95 bits per heavy atom. The first-order chi connectivity index (χ1) is 21.3. The molecule has 4 aromatic rings. The highest BCUT2D eigenvalue weighted by Crippen LogP contribution is 2.31. The normalized spacial score (nSPS) is 15.0. The van der Waals surface area contributed by atoms with Gasteiger partial charge in [-0.05, 0) is 81.1 Å². The Hall–Kier alpha value is -4.48. The lowest BCUT2D eigenvalue weighted by molar-refractivity contribution is -0.107. The van der Waals surface area contributed by atoms with E-state index in [2.05, 4.69) is 37.7 Å². The van der Waals surface area contributed by atoms with Crippen LogP contribution in [0.1, 0.15) is 35.4 Å². The number of pyridine rings is 3. The van der Waals surface area contributed by atoms with Crippen LogP contribution in [0.2, 0.25) is 0 Å². The molecule has 1 fully saturated rings. The number of carbonyl (C=O) groups excluding carboxylic acids is 1. The highest BCUT2D eigenvalue weighted by Gasteiger charge is 2.25. The maximum absolute atomic E-state index is 13.1. The van der Waals surface area contributed by atoms with E-state index in [0.717, 1.165) is 32.3 Å². The molecule has 6 rings (SSSR count). The Bertz CT molecular complexity index is 1710. The first-order valence-corrected chi connectivity index (χ1v) is 15.1. The van der Waals surface area contributed by atoms with E-state index in [1.807, 2.05) is 13.1 Å². The summed E-state index contributed by atoms with van der Waals surface area (Å²) in [5.41, 5.74) is 5.94. The summed E-state index contributed by atoms with van der Waals surface area (Å²) in [6.45, 7) is 4.60. The lowest BCUT2D eigenvalue weighted by Gasteiger charge is -2.35. The third kappa shape index (κ3) is 5.97. The summed E-state index contributed by atoms with van der Waals surface area (Å²) in [6.07, 6.45) is 10.5. The smallest absolute Gasteiger partial charge is 0.274 e. The van der Waals surface area contributed by atoms with Crippen LogP contribution in [0.25, 0.3) is 11.1 Å². The fraction of sp³-hybridized carbons (Fsp3) is 0.394. The maximum Gasteiger partial charge on any atom is 0.274 e. The summed E-state index contributed by atoms with van der Waals surface area (Å²) in [5, 5.41) is 13.7. The summed E-state index contributed by atoms with van der Waals surface area (Å²) in [5.74, 6) is 1.58. The Balaban J connectivity index is 1.24. The number of carbonyl (C=O) groups is 1. The van der Waals surface area contributed by atoms with E-state index in [1.54, 1.807) is 48.7 Å². The SMILES string of the molecule is Cc1cc2c(n1CCN(C=O)c1nccc(-c3cc(Nc4ccc(OC5CN(C)C5)cn4)c(=O)n(C)c3)c1CO)CCCC2. The molecule has 11 heteroatoms. The van der Waals surface area contributed by atoms with Crippen LogP contribution >= 0.6 is 0 Å². The van der Waals surface area contributed by atoms with Gasteiger partial charge in [0.1, 0.15) is 29.2 Å². The highest BCUT2D eigenvalue weighted by atomic mass is 16.5. The van der Waals surface area contributed by atoms with Crippen LogP contribution < -0.4 is 20.5 Å². The number of likely N-dealkylation sites (N-methyl/N-ethyl adjacent to an activating group) is 1. The molecular weight excluding hydrogens is 558 g/mol. The number of hydrogen-bond donors (Lipinski definition) is 2. The summed E-state index contributed by atoms with van der Waals surface area (Å²) < 4.78 is 9.71. The maximum atomic E-state index is 13.1. The van der Waals surface area contributed by atoms with E-state index in [4.69, 9.17) is 4.74 Å². The van der Waals surface area contributed by atoms with Gasteiger partial charge in [-0.2, -0.15) is 0 Å². The second kappa shape index (κ2) is 12.6. The molecule has 0 saturated carbocycles. The molecule has 2 N–H and O–H groups in total. The zero-order valence-corrected chi connectivity index (χ0v) is 25.5. The van der Waals surface area contributed by atoms with Crippen LogP contribution in [0.15, 0.2) is 53.7 Å². The van der Waals surface area contributed by atoms with Crippen LogP contribution in [0.4, 0.5) is 17.3 Å². The van der Waals surface area contributed by atoms with E-state index in [1.165, 1.54) is 34.4 Å². The first-order valence-electron chi connectivity index (χ1n) is 15.1. The summed E-state index contributed by atoms with van der Waals surface area (Å²) >= 11 is 0. The minimum atomic E-state index is -0.327. The number of nitrogens with zero attached hydrogens (tertiary/aromatic N) is 6. The van der Waals surface area contributed by atoms with Gasteiger partial charge in [-0.3, -0.25) is 19.4 Å². The lowest BCUT2D eigenvalue weighted by atomic mass is 9.98. The fourth-order valence-electron chi connectivity index (χ4n) is 6.32. The van der Waals surface area contributed by atoms with Crippen LogP contribution in [0.3, 0.4) is 0 Å². The van der Waals surface area contributed by atoms with Crippen molar-refractivity contribution in [3.8, 4) is 16.9 Å². The van der Waals surface area contributed by atoms with E-state index < -0.39 is 0 Å². The fourth-order valence-corrected chi connectivity index (χ4v) is 6.32. The monoisotopic (exact) mass is 597 g/mol. The molecule has 230 valence electrons. The quantitative estimate of drug-likeness (QED) is 0.253. The third-order valence-corrected chi connectivity index (χ3v) is 8.60. The van der Waals surface area contributed by atoms with Crippen molar-refractivity contribution < 1.29 is 14.6 Å². The number of aliphatic hydroxyl groups excluding tert-OH is 1. The molecule has 4 aromatic heterocycles. The van der Waals surface area contributed by atoms with Gasteiger partial charge in [-0.25, -0.2) is 9.97 Å². The molecule has 0 bridgehead atoms. The number of ether oxygens (including phenoxy) is 1. The molecule has 1 aliphatic carbocycles. The zero-order valence-electron chi connectivity index (χ0n) is 25.5. The van der Waals surface area contributed by atoms with Crippen molar-refractivity contribution in [3.63, 3.8) is 0 Å². The molecular formula is C33H39N7O4. The van der Waals surface area contributed by atoms with E-state index in [9.17, 15) is 14.7 Å². The molecule has 44 heavy (non-hydrogen) atoms. The van der Waals surface area contributed by atoms with Crippen LogP contribution in [-0.4, -0.2) is 68.3 Å². The molecule has 2 aliphatic rings. The van der Waals surface area contributed by atoms with E-state index >= 15 is 0 Å². The number of hydrogen-bond acceptors (Lipinski definition) is 8. The molecule has 1 saturated heterocycles. The van der Waals surface area contributed by atoms with Gasteiger partial charge in [0.05, 0.1) is 12.8 Å². The number of rotatable bonds is 11. The second-order valence-electron chi connectivity index (χ2n) is 11.8. The number of aryl methyl sites for hydroxylation is 3. The van der Waals surface area contributed by atoms with Gasteiger partial charge >= 0.3 is 0 Å². The number of aromatic nitrogens is 4. The number of fused-ring (bicyclic) bond motifs is 1. The van der Waals surface area contributed by atoms with Crippen LogP contribution in [0, 0.1) is 6.92 Å². The van der Waals surface area contributed by atoms with Crippen molar-refractivity contribution in [1.29, 1.82) is 0 Å². The lowest BCUT2D eigenvalue weighted by Crippen LogP contribution is -2.51. The number of aliphatic hydroxyl groups is 1. The van der Waals surface area contributed by atoms with Crippen molar-refractivity contribution in [3.05, 3.63) is 81.8 Å². The molecule has 5 heterocycles. The van der Waals surface area contributed by atoms with Gasteiger partial charge in [-0.1, -0.05) is 0 Å². The number of anilines is 3. The van der Waals surface area contributed by atoms with Crippen molar-refractivity contribution in [2.75, 3.05) is 36.9 Å². The largest absolute Gasteiger partial charge is 0.486 e. The highest BCUT2D eigenvalue weighted by molar-refractivity contribution is 5.81. The molecule has 0 unspecified atom stereocenters. The van der Waals surface area contributed by atoms with Gasteiger partial charge in [0, 0.05) is 68.1 Å². The third-order valence-electron chi connectivity index (χ3n) is 8.60. The number of amides is 1. The Labute approximate surface area is 256 Å². The van der Waals surface area contributed by atoms with Crippen LogP contribution in [0.5, 0.6) is 5.75 Å². The van der Waals surface area contributed by atoms with Crippen LogP contribution in [-0.2, 0) is 37.8 Å². The van der Waals surface area contributed by atoms with Crippen molar-refractivity contribution in [2.24, 2.45) is 7.05 Å². The Kier molecular flexibility index (Phi) is 8.49. The second-order valence-corrected chi connectivity index (χ2v) is 11.8. The molecule has 1 aliphatic heterocycles. The Morgan fingerprint density at radius 1 is 1.14 bits per heavy atom. The molecule has 1 amide bonds. The predicted octanol–water partition coefficient (Wildman–Crippen LogP) is 3.42. The molecule has 0 radical (unpaired) electrons. The van der Waals surface area contributed by atoms with Crippen molar-refractivity contribution >= 4 is 23.7 Å². The van der Waals surface area contributed by atoms with Gasteiger partial charge in [-0.15, -0.1) is 0 Å². The average Bonchev–Trinajstić information content (AvgIpc) is 3.34. The van der Waals surface area contributed by atoms with E-state index in [0.29, 0.717) is 52.9 Å². The predicted molar refractivity (Wildman–Crippen MR) is 169 cm³/mol. The number of likely N-dealkylation sites (tertiary alicyclic amines) is 1. The number of nitrogens with one attached hydrogen (secondary N) is 1. The molecule has 0 atom stereocenters. The standard InChI is InChI=1S/C33H39N7O4/c1-22-14-23-6-4-5-7-30(23)40(22)13-12-39(21-42)32-28(20-41)27(10-11-34-32)24-15-29(33(43)38(3)17-24)36-31-9-8-25(16-35-31)44-26-18-37(2)19-26/h8-11,14-17,21,26,41H,4-7,12-13,18-20H2,1-3H3,(H,35,36). The van der Waals surface area contributed by atoms with Gasteiger partial charge in [0.15, 0.2) is 0 Å². The average molecular weight is 598 g/mol. The van der Waals surface area contributed by atoms with Gasteiger partial charge < -0.3 is 24.3 Å². The Morgan fingerprint density at radius 3 is 2.68 bits per heavy atom. The van der Waals surface area contributed by atoms with E-state index in [-0.39, 0.29) is 18.3 Å². The van der Waals surface area contributed by atoms with Crippen molar-refractivity contribution in [1.82, 2.24) is 24.0 Å². The molecule has 0 aromatic carbocycles. The minimum Gasteiger partial charge on any atom is -0.486 e. The summed E-state index contributed by atoms with van der Waals surface area (Å²) in [6, 6.07) is 9.39. The van der Waals surface area contributed by atoms with Crippen molar-refractivity contribution in [2.45, 2.75) is 51.9 Å². The zero-order chi connectivity index (χ0) is 30.8. The first kappa shape index (κ1) is 29.6. The van der Waals surface area contributed by atoms with Gasteiger partial charge in [0.2, 0.25) is 6.41 Å². The summed E-state index contributed by atoms with van der Waals surface area (Å²) in [4.78, 5) is 38.1. The molecule has 11 nitrogen and oxygen atoms in total. The summed E-state index contributed by atoms with van der Waals surface area (Å²) in [7, 11) is 3.72. The topological polar surface area (TPSA) is 118 Å². The minimum absolute atomic E-state index is 0.161. The van der Waals surface area contributed by atoms with Gasteiger partial charge in [0.25, 0.3) is 5.56 Å². The molecule has 0 spiro atoms.